The molecule has 3 aromatic heterocycles. The highest BCUT2D eigenvalue weighted by molar-refractivity contribution is 5.92. The van der Waals surface area contributed by atoms with Gasteiger partial charge in [0.2, 0.25) is 0 Å². The quantitative estimate of drug-likeness (QED) is 0.539. The minimum atomic E-state index is 0.409. The average Bonchev–Trinajstić information content (AvgIpc) is 3.22. The zero-order chi connectivity index (χ0) is 18.8. The van der Waals surface area contributed by atoms with Crippen molar-refractivity contribution in [2.45, 2.75) is 25.3 Å². The van der Waals surface area contributed by atoms with E-state index in [1.165, 1.54) is 22.2 Å². The van der Waals surface area contributed by atoms with Crippen LogP contribution < -0.4 is 4.90 Å². The van der Waals surface area contributed by atoms with Gasteiger partial charge < -0.3 is 9.47 Å². The van der Waals surface area contributed by atoms with Crippen LogP contribution in [0.3, 0.4) is 0 Å². The number of fused-ring (bicyclic) bond motifs is 1. The highest BCUT2D eigenvalue weighted by atomic mass is 15.2. The zero-order valence-corrected chi connectivity index (χ0v) is 15.8. The Bertz CT molecular complexity index is 1070. The number of hydrogen-bond acceptors (Lipinski definition) is 4. The van der Waals surface area contributed by atoms with Crippen molar-refractivity contribution in [1.82, 2.24) is 19.5 Å². The molecular weight excluding hydrogens is 346 g/mol. The van der Waals surface area contributed by atoms with Crippen molar-refractivity contribution >= 4 is 16.6 Å². The molecule has 5 rings (SSSR count). The largest absolute Gasteiger partial charge is 0.355 e. The number of imidazole rings is 1. The molecule has 0 N–H and O–H groups in total. The standard InChI is InChI=1S/C23H23N5/c1-2-6-21-19(4-1)9-12-25-23(21)27-14-3-5-20(17-27)22-26-13-15-28(22)16-18-7-10-24-11-8-18/h1-2,4,6-13,15,20H,3,5,14,16-17H2/t20-/m1/s1. The normalized spacial score (nSPS) is 17.1. The first-order chi connectivity index (χ1) is 13.9. The molecule has 0 radical (unpaired) electrons. The van der Waals surface area contributed by atoms with Crippen LogP contribution in [0.4, 0.5) is 5.82 Å². The molecule has 5 nitrogen and oxygen atoms in total. The van der Waals surface area contributed by atoms with Crippen molar-refractivity contribution in [3.05, 3.63) is 84.8 Å². The summed E-state index contributed by atoms with van der Waals surface area (Å²) in [5, 5.41) is 2.47. The van der Waals surface area contributed by atoms with Crippen LogP contribution in [0.5, 0.6) is 0 Å². The second-order valence-electron chi connectivity index (χ2n) is 7.41. The monoisotopic (exact) mass is 369 g/mol. The molecule has 0 unspecified atom stereocenters. The molecule has 0 spiro atoms. The Morgan fingerprint density at radius 3 is 2.75 bits per heavy atom. The summed E-state index contributed by atoms with van der Waals surface area (Å²) in [6.07, 6.45) is 11.9. The van der Waals surface area contributed by atoms with Gasteiger partial charge in [-0.3, -0.25) is 4.98 Å². The molecule has 0 bridgehead atoms. The fraction of sp³-hybridized carbons (Fsp3) is 0.261. The fourth-order valence-corrected chi connectivity index (χ4v) is 4.24. The van der Waals surface area contributed by atoms with Crippen molar-refractivity contribution in [3.63, 3.8) is 0 Å². The molecule has 28 heavy (non-hydrogen) atoms. The molecule has 1 saturated heterocycles. The van der Waals surface area contributed by atoms with Crippen LogP contribution >= 0.6 is 0 Å². The van der Waals surface area contributed by atoms with Crippen LogP contribution in [0.15, 0.2) is 73.4 Å². The first kappa shape index (κ1) is 16.9. The Balaban J connectivity index is 1.42. The number of rotatable bonds is 4. The maximum Gasteiger partial charge on any atom is 0.136 e. The number of aromatic nitrogens is 4. The van der Waals surface area contributed by atoms with E-state index in [2.05, 4.69) is 63.1 Å². The summed E-state index contributed by atoms with van der Waals surface area (Å²) in [4.78, 5) is 16.0. The highest BCUT2D eigenvalue weighted by Gasteiger charge is 2.26. The Hall–Kier alpha value is -3.21. The summed E-state index contributed by atoms with van der Waals surface area (Å²) < 4.78 is 2.28. The summed E-state index contributed by atoms with van der Waals surface area (Å²) in [5.74, 6) is 2.67. The van der Waals surface area contributed by atoms with Gasteiger partial charge >= 0.3 is 0 Å². The summed E-state index contributed by atoms with van der Waals surface area (Å²) in [5.41, 5.74) is 1.25. The van der Waals surface area contributed by atoms with Gasteiger partial charge in [-0.25, -0.2) is 9.97 Å². The number of benzene rings is 1. The van der Waals surface area contributed by atoms with E-state index in [-0.39, 0.29) is 0 Å². The minimum absolute atomic E-state index is 0.409. The van der Waals surface area contributed by atoms with Crippen LogP contribution in [-0.4, -0.2) is 32.6 Å². The zero-order valence-electron chi connectivity index (χ0n) is 15.8. The minimum Gasteiger partial charge on any atom is -0.355 e. The topological polar surface area (TPSA) is 46.8 Å². The molecule has 5 heteroatoms. The van der Waals surface area contributed by atoms with E-state index in [9.17, 15) is 0 Å². The lowest BCUT2D eigenvalue weighted by atomic mass is 9.96. The van der Waals surface area contributed by atoms with Gasteiger partial charge in [0.1, 0.15) is 11.6 Å². The Labute approximate surface area is 164 Å². The lowest BCUT2D eigenvalue weighted by Crippen LogP contribution is -2.36. The summed E-state index contributed by atoms with van der Waals surface area (Å²) in [7, 11) is 0. The Morgan fingerprint density at radius 2 is 1.82 bits per heavy atom. The third-order valence-corrected chi connectivity index (χ3v) is 5.59. The van der Waals surface area contributed by atoms with E-state index in [1.54, 1.807) is 0 Å². The van der Waals surface area contributed by atoms with E-state index in [4.69, 9.17) is 9.97 Å². The third kappa shape index (κ3) is 3.24. The van der Waals surface area contributed by atoms with Crippen LogP contribution in [0, 0.1) is 0 Å². The second-order valence-corrected chi connectivity index (χ2v) is 7.41. The van der Waals surface area contributed by atoms with E-state index in [0.29, 0.717) is 5.92 Å². The second kappa shape index (κ2) is 7.43. The highest BCUT2D eigenvalue weighted by Crippen LogP contribution is 2.32. The lowest BCUT2D eigenvalue weighted by Gasteiger charge is -2.34. The number of pyridine rings is 2. The van der Waals surface area contributed by atoms with Gasteiger partial charge in [-0.1, -0.05) is 24.3 Å². The molecule has 4 aromatic rings. The first-order valence-corrected chi connectivity index (χ1v) is 9.87. The van der Waals surface area contributed by atoms with Gasteiger partial charge in [0.15, 0.2) is 0 Å². The first-order valence-electron chi connectivity index (χ1n) is 9.87. The fourth-order valence-electron chi connectivity index (χ4n) is 4.24. The molecule has 1 aliphatic rings. The SMILES string of the molecule is c1ccc2c(N3CCC[C@@H](c4nccn4Cc4ccncc4)C3)nccc2c1. The molecule has 4 heterocycles. The predicted molar refractivity (Wildman–Crippen MR) is 111 cm³/mol. The lowest BCUT2D eigenvalue weighted by molar-refractivity contribution is 0.475. The summed E-state index contributed by atoms with van der Waals surface area (Å²) in [6.45, 7) is 2.83. The van der Waals surface area contributed by atoms with Crippen LogP contribution in [-0.2, 0) is 6.54 Å². The summed E-state index contributed by atoms with van der Waals surface area (Å²) in [6, 6.07) is 14.7. The van der Waals surface area contributed by atoms with E-state index in [1.807, 2.05) is 24.8 Å². The smallest absolute Gasteiger partial charge is 0.136 e. The van der Waals surface area contributed by atoms with Crippen LogP contribution in [0.25, 0.3) is 10.8 Å². The molecular formula is C23H23N5. The van der Waals surface area contributed by atoms with Gasteiger partial charge in [0.05, 0.1) is 0 Å². The predicted octanol–water partition coefficient (Wildman–Crippen LogP) is 4.26. The van der Waals surface area contributed by atoms with Crippen molar-refractivity contribution in [2.24, 2.45) is 0 Å². The number of piperidine rings is 1. The molecule has 0 amide bonds. The van der Waals surface area contributed by atoms with Crippen molar-refractivity contribution in [2.75, 3.05) is 18.0 Å². The third-order valence-electron chi connectivity index (χ3n) is 5.59. The Morgan fingerprint density at radius 1 is 0.929 bits per heavy atom. The maximum atomic E-state index is 4.73. The molecule has 1 fully saturated rings. The molecule has 140 valence electrons. The van der Waals surface area contributed by atoms with Gasteiger partial charge in [0.25, 0.3) is 0 Å². The molecule has 0 saturated carbocycles. The van der Waals surface area contributed by atoms with Crippen LogP contribution in [0.2, 0.25) is 0 Å². The Kier molecular flexibility index (Phi) is 4.49. The molecule has 1 aromatic carbocycles. The molecule has 0 aliphatic carbocycles. The van der Waals surface area contributed by atoms with Crippen molar-refractivity contribution < 1.29 is 0 Å². The number of anilines is 1. The van der Waals surface area contributed by atoms with E-state index in [0.717, 1.165) is 38.3 Å². The van der Waals surface area contributed by atoms with Gasteiger partial charge in [0, 0.05) is 61.9 Å². The van der Waals surface area contributed by atoms with Gasteiger partial charge in [-0.15, -0.1) is 0 Å². The van der Waals surface area contributed by atoms with Gasteiger partial charge in [-0.2, -0.15) is 0 Å². The molecule has 1 aliphatic heterocycles. The van der Waals surface area contributed by atoms with Crippen molar-refractivity contribution in [1.29, 1.82) is 0 Å². The number of hydrogen-bond donors (Lipinski definition) is 0. The number of nitrogens with zero attached hydrogens (tertiary/aromatic N) is 5. The van der Waals surface area contributed by atoms with Crippen LogP contribution in [0.1, 0.15) is 30.1 Å². The summed E-state index contributed by atoms with van der Waals surface area (Å²) >= 11 is 0. The average molecular weight is 369 g/mol. The van der Waals surface area contributed by atoms with E-state index >= 15 is 0 Å². The maximum absolute atomic E-state index is 4.73. The van der Waals surface area contributed by atoms with Crippen molar-refractivity contribution in [3.8, 4) is 0 Å². The molecule has 1 atom stereocenters. The van der Waals surface area contributed by atoms with E-state index < -0.39 is 0 Å². The van der Waals surface area contributed by atoms with Gasteiger partial charge in [-0.05, 0) is 42.0 Å².